The van der Waals surface area contributed by atoms with E-state index < -0.39 is 15.4 Å². The summed E-state index contributed by atoms with van der Waals surface area (Å²) in [7, 11) is -3.62. The minimum absolute atomic E-state index is 0.137. The van der Waals surface area contributed by atoms with Gasteiger partial charge in [-0.1, -0.05) is 49.4 Å². The van der Waals surface area contributed by atoms with E-state index in [2.05, 4.69) is 15.1 Å². The minimum atomic E-state index is -3.62. The Kier molecular flexibility index (Phi) is 4.56. The molecule has 0 amide bonds. The molecule has 0 saturated heterocycles. The van der Waals surface area contributed by atoms with Crippen LogP contribution in [-0.2, 0) is 22.0 Å². The van der Waals surface area contributed by atoms with Crippen LogP contribution < -0.4 is 5.56 Å². The van der Waals surface area contributed by atoms with Crippen molar-refractivity contribution < 1.29 is 8.42 Å². The molecular weight excluding hydrogens is 376 g/mol. The standard InChI is InChI=1S/C20H18N4O3S/c1-2-14-8-10-17(11-9-14)28(26,27)13-16-12-18(25)24-20(21-16)22-19(23-24)15-6-4-3-5-7-15/h3-12H,2,13H2,1H3,(H,21,22,23). The van der Waals surface area contributed by atoms with E-state index >= 15 is 0 Å². The van der Waals surface area contributed by atoms with Crippen molar-refractivity contribution in [2.75, 3.05) is 0 Å². The lowest BCUT2D eigenvalue weighted by Crippen LogP contribution is -2.17. The molecule has 2 aromatic heterocycles. The number of nitrogens with one attached hydrogen (secondary N) is 1. The van der Waals surface area contributed by atoms with Crippen molar-refractivity contribution in [2.45, 2.75) is 24.0 Å². The van der Waals surface area contributed by atoms with Crippen molar-refractivity contribution >= 4 is 15.6 Å². The third-order valence-electron chi connectivity index (χ3n) is 4.46. The molecule has 0 aliphatic heterocycles. The molecule has 0 atom stereocenters. The first kappa shape index (κ1) is 18.1. The molecule has 4 rings (SSSR count). The van der Waals surface area contributed by atoms with Crippen molar-refractivity contribution in [3.63, 3.8) is 0 Å². The van der Waals surface area contributed by atoms with E-state index in [-0.39, 0.29) is 22.1 Å². The number of fused-ring (bicyclic) bond motifs is 1. The summed E-state index contributed by atoms with van der Waals surface area (Å²) >= 11 is 0. The lowest BCUT2D eigenvalue weighted by Gasteiger charge is -2.05. The number of hydrogen-bond donors (Lipinski definition) is 1. The number of aromatic nitrogens is 4. The normalized spacial score (nSPS) is 11.8. The Labute approximate surface area is 161 Å². The predicted octanol–water partition coefficient (Wildman–Crippen LogP) is 2.62. The third kappa shape index (κ3) is 3.46. The van der Waals surface area contributed by atoms with Gasteiger partial charge in [-0.3, -0.25) is 9.89 Å². The first-order valence-electron chi connectivity index (χ1n) is 8.82. The van der Waals surface area contributed by atoms with Crippen LogP contribution in [0.3, 0.4) is 0 Å². The van der Waals surface area contributed by atoms with Crippen LogP contribution >= 0.6 is 0 Å². The van der Waals surface area contributed by atoms with Gasteiger partial charge in [-0.2, -0.15) is 9.50 Å². The molecule has 0 saturated carbocycles. The summed E-state index contributed by atoms with van der Waals surface area (Å²) in [6.07, 6.45) is 0.832. The molecule has 0 bridgehead atoms. The highest BCUT2D eigenvalue weighted by Gasteiger charge is 2.18. The van der Waals surface area contributed by atoms with Crippen LogP contribution in [0.4, 0.5) is 0 Å². The van der Waals surface area contributed by atoms with Crippen molar-refractivity contribution in [3.05, 3.63) is 82.3 Å². The maximum absolute atomic E-state index is 12.7. The lowest BCUT2D eigenvalue weighted by atomic mass is 10.2. The van der Waals surface area contributed by atoms with Gasteiger partial charge in [-0.25, -0.2) is 13.4 Å². The molecule has 0 unspecified atom stereocenters. The summed E-state index contributed by atoms with van der Waals surface area (Å²) in [4.78, 5) is 21.2. The number of nitrogens with zero attached hydrogens (tertiary/aromatic N) is 3. The van der Waals surface area contributed by atoms with Gasteiger partial charge in [0.15, 0.2) is 15.7 Å². The summed E-state index contributed by atoms with van der Waals surface area (Å²) in [6, 6.07) is 17.3. The fraction of sp³-hybridized carbons (Fsp3) is 0.150. The highest BCUT2D eigenvalue weighted by molar-refractivity contribution is 7.90. The highest BCUT2D eigenvalue weighted by atomic mass is 32.2. The molecule has 1 N–H and O–H groups in total. The molecule has 0 radical (unpaired) electrons. The van der Waals surface area contributed by atoms with E-state index in [0.29, 0.717) is 5.82 Å². The Morgan fingerprint density at radius 2 is 1.71 bits per heavy atom. The second-order valence-corrected chi connectivity index (χ2v) is 8.41. The van der Waals surface area contributed by atoms with Crippen LogP contribution in [-0.4, -0.2) is 28.0 Å². The van der Waals surface area contributed by atoms with E-state index in [1.165, 1.54) is 10.6 Å². The summed E-state index contributed by atoms with van der Waals surface area (Å²) < 4.78 is 26.6. The largest absolute Gasteiger partial charge is 0.274 e. The number of benzene rings is 2. The van der Waals surface area contributed by atoms with Gasteiger partial charge >= 0.3 is 0 Å². The topological polar surface area (TPSA) is 97.2 Å². The van der Waals surface area contributed by atoms with Gasteiger partial charge in [0, 0.05) is 11.6 Å². The number of sulfone groups is 1. The molecule has 4 aromatic rings. The number of hydrogen-bond acceptors (Lipinski definition) is 5. The van der Waals surface area contributed by atoms with Gasteiger partial charge in [0.2, 0.25) is 0 Å². The average Bonchev–Trinajstić information content (AvgIpc) is 3.13. The van der Waals surface area contributed by atoms with Gasteiger partial charge < -0.3 is 0 Å². The van der Waals surface area contributed by atoms with Gasteiger partial charge in [-0.05, 0) is 24.1 Å². The zero-order valence-corrected chi connectivity index (χ0v) is 16.0. The number of aryl methyl sites for hydroxylation is 1. The maximum Gasteiger partial charge on any atom is 0.274 e. The first-order chi connectivity index (χ1) is 13.5. The molecule has 0 spiro atoms. The quantitative estimate of drug-likeness (QED) is 0.561. The Bertz CT molecular complexity index is 1290. The monoisotopic (exact) mass is 394 g/mol. The molecule has 2 heterocycles. The van der Waals surface area contributed by atoms with Crippen molar-refractivity contribution in [3.8, 4) is 11.4 Å². The summed E-state index contributed by atoms with van der Waals surface area (Å²) in [5.41, 5.74) is 1.61. The van der Waals surface area contributed by atoms with Crippen LogP contribution in [0.1, 0.15) is 18.2 Å². The number of aromatic amines is 1. The molecular formula is C20H18N4O3S. The average molecular weight is 394 g/mol. The Balaban J connectivity index is 1.70. The van der Waals surface area contributed by atoms with Gasteiger partial charge in [0.1, 0.15) is 0 Å². The van der Waals surface area contributed by atoms with Gasteiger partial charge in [-0.15, -0.1) is 0 Å². The SMILES string of the molecule is CCc1ccc(S(=O)(=O)Cc2cc(=O)n3[nH]c(-c4ccccc4)nc3n2)cc1. The second-order valence-electron chi connectivity index (χ2n) is 6.42. The maximum atomic E-state index is 12.7. The van der Waals surface area contributed by atoms with Gasteiger partial charge in [0.05, 0.1) is 16.3 Å². The van der Waals surface area contributed by atoms with Gasteiger partial charge in [0.25, 0.3) is 11.3 Å². The smallest absolute Gasteiger partial charge is 0.271 e. The van der Waals surface area contributed by atoms with E-state index in [0.717, 1.165) is 17.5 Å². The molecule has 0 aliphatic carbocycles. The number of H-pyrrole nitrogens is 1. The van der Waals surface area contributed by atoms with Crippen LogP contribution in [0.15, 0.2) is 70.4 Å². The fourth-order valence-electron chi connectivity index (χ4n) is 2.94. The van der Waals surface area contributed by atoms with E-state index in [9.17, 15) is 13.2 Å². The molecule has 0 aliphatic rings. The number of rotatable bonds is 5. The molecule has 0 fully saturated rings. The fourth-order valence-corrected chi connectivity index (χ4v) is 4.19. The molecule has 2 aromatic carbocycles. The summed E-state index contributed by atoms with van der Waals surface area (Å²) in [6.45, 7) is 2.00. The van der Waals surface area contributed by atoms with Crippen molar-refractivity contribution in [1.82, 2.24) is 19.6 Å². The Morgan fingerprint density at radius 3 is 2.39 bits per heavy atom. The first-order valence-corrected chi connectivity index (χ1v) is 10.5. The van der Waals surface area contributed by atoms with Crippen molar-refractivity contribution in [1.29, 1.82) is 0 Å². The Morgan fingerprint density at radius 1 is 1.00 bits per heavy atom. The van der Waals surface area contributed by atoms with Crippen LogP contribution in [0.25, 0.3) is 17.2 Å². The second kappa shape index (κ2) is 7.05. The third-order valence-corrected chi connectivity index (χ3v) is 6.13. The minimum Gasteiger partial charge on any atom is -0.271 e. The van der Waals surface area contributed by atoms with Crippen LogP contribution in [0.2, 0.25) is 0 Å². The van der Waals surface area contributed by atoms with E-state index in [4.69, 9.17) is 0 Å². The van der Waals surface area contributed by atoms with Crippen molar-refractivity contribution in [2.24, 2.45) is 0 Å². The summed E-state index contributed by atoms with van der Waals surface area (Å²) in [5, 5.41) is 2.90. The van der Waals surface area contributed by atoms with Crippen LogP contribution in [0.5, 0.6) is 0 Å². The Hall–Kier alpha value is -3.26. The predicted molar refractivity (Wildman–Crippen MR) is 106 cm³/mol. The zero-order valence-electron chi connectivity index (χ0n) is 15.2. The van der Waals surface area contributed by atoms with E-state index in [1.807, 2.05) is 37.3 Å². The molecule has 142 valence electrons. The summed E-state index contributed by atoms with van der Waals surface area (Å²) in [5.74, 6) is 0.260. The zero-order chi connectivity index (χ0) is 19.7. The highest BCUT2D eigenvalue weighted by Crippen LogP contribution is 2.17. The van der Waals surface area contributed by atoms with Crippen LogP contribution in [0, 0.1) is 0 Å². The molecule has 8 heteroatoms. The molecule has 28 heavy (non-hydrogen) atoms. The molecule has 7 nitrogen and oxygen atoms in total. The van der Waals surface area contributed by atoms with E-state index in [1.54, 1.807) is 24.3 Å². The lowest BCUT2D eigenvalue weighted by molar-refractivity contribution is 0.594.